The Labute approximate surface area is 149 Å². The van der Waals surface area contributed by atoms with Gasteiger partial charge in [-0.25, -0.2) is 0 Å². The first-order valence-electron chi connectivity index (χ1n) is 8.42. The summed E-state index contributed by atoms with van der Waals surface area (Å²) in [6.45, 7) is 2.68. The zero-order valence-electron chi connectivity index (χ0n) is 14.5. The number of halogens is 1. The Morgan fingerprint density at radius 2 is 2.29 bits per heavy atom. The maximum Gasteiger partial charge on any atom is 0.220 e. The minimum atomic E-state index is -0.0752. The molecule has 2 atom stereocenters. The number of hydrogen-bond donors (Lipinski definition) is 1. The van der Waals surface area contributed by atoms with E-state index < -0.39 is 0 Å². The van der Waals surface area contributed by atoms with Gasteiger partial charge in [0.2, 0.25) is 5.91 Å². The van der Waals surface area contributed by atoms with E-state index in [0.717, 1.165) is 18.5 Å². The predicted molar refractivity (Wildman–Crippen MR) is 95.4 cm³/mol. The van der Waals surface area contributed by atoms with Crippen molar-refractivity contribution in [3.8, 4) is 0 Å². The quantitative estimate of drug-likeness (QED) is 0.777. The smallest absolute Gasteiger partial charge is 0.220 e. The van der Waals surface area contributed by atoms with Crippen LogP contribution in [0.4, 0.5) is 0 Å². The number of carbonyl (C=O) groups is 1. The summed E-state index contributed by atoms with van der Waals surface area (Å²) in [4.78, 5) is 14.3. The van der Waals surface area contributed by atoms with Gasteiger partial charge in [0.25, 0.3) is 0 Å². The fraction of sp³-hybridized carbons (Fsp3) is 0.611. The molecular weight excluding hydrogens is 328 g/mol. The molecular formula is C18H27ClN2O3. The molecule has 0 spiro atoms. The van der Waals surface area contributed by atoms with E-state index in [1.807, 2.05) is 38.4 Å². The number of carbonyl (C=O) groups excluding carboxylic acids is 1. The molecule has 1 aliphatic heterocycles. The SMILES string of the molecule is CN(C)CCO[C@@H]1COCC[C@H]1NC(=O)CCc1cccc(Cl)c1. The summed E-state index contributed by atoms with van der Waals surface area (Å²) in [5.74, 6) is 0.0445. The van der Waals surface area contributed by atoms with Crippen molar-refractivity contribution in [2.45, 2.75) is 31.4 Å². The van der Waals surface area contributed by atoms with Crippen LogP contribution >= 0.6 is 11.6 Å². The zero-order valence-corrected chi connectivity index (χ0v) is 15.2. The molecule has 2 rings (SSSR count). The largest absolute Gasteiger partial charge is 0.379 e. The van der Waals surface area contributed by atoms with Gasteiger partial charge in [-0.2, -0.15) is 0 Å². The lowest BCUT2D eigenvalue weighted by molar-refractivity contribution is -0.126. The number of amides is 1. The fourth-order valence-corrected chi connectivity index (χ4v) is 2.87. The van der Waals surface area contributed by atoms with Crippen molar-refractivity contribution in [1.82, 2.24) is 10.2 Å². The van der Waals surface area contributed by atoms with Gasteiger partial charge in [-0.3, -0.25) is 4.79 Å². The van der Waals surface area contributed by atoms with Gasteiger partial charge in [-0.15, -0.1) is 0 Å². The highest BCUT2D eigenvalue weighted by Gasteiger charge is 2.27. The van der Waals surface area contributed by atoms with Gasteiger partial charge in [0.05, 0.1) is 19.3 Å². The molecule has 1 fully saturated rings. The second-order valence-electron chi connectivity index (χ2n) is 6.38. The first kappa shape index (κ1) is 19.2. The highest BCUT2D eigenvalue weighted by Crippen LogP contribution is 2.14. The van der Waals surface area contributed by atoms with Crippen molar-refractivity contribution in [3.63, 3.8) is 0 Å². The van der Waals surface area contributed by atoms with Crippen LogP contribution in [-0.2, 0) is 20.7 Å². The number of nitrogens with one attached hydrogen (secondary N) is 1. The molecule has 1 N–H and O–H groups in total. The Morgan fingerprint density at radius 1 is 1.46 bits per heavy atom. The zero-order chi connectivity index (χ0) is 17.4. The molecule has 1 heterocycles. The van der Waals surface area contributed by atoms with Crippen molar-refractivity contribution in [1.29, 1.82) is 0 Å². The van der Waals surface area contributed by atoms with Crippen molar-refractivity contribution in [3.05, 3.63) is 34.9 Å². The molecule has 24 heavy (non-hydrogen) atoms. The van der Waals surface area contributed by atoms with Crippen LogP contribution in [0.15, 0.2) is 24.3 Å². The van der Waals surface area contributed by atoms with Gasteiger partial charge in [0, 0.05) is 24.6 Å². The minimum Gasteiger partial charge on any atom is -0.379 e. The van der Waals surface area contributed by atoms with E-state index in [2.05, 4.69) is 10.2 Å². The second-order valence-corrected chi connectivity index (χ2v) is 6.82. The van der Waals surface area contributed by atoms with Gasteiger partial charge >= 0.3 is 0 Å². The monoisotopic (exact) mass is 354 g/mol. The summed E-state index contributed by atoms with van der Waals surface area (Å²) >= 11 is 5.97. The van der Waals surface area contributed by atoms with Crippen LogP contribution in [0.25, 0.3) is 0 Å². The van der Waals surface area contributed by atoms with E-state index >= 15 is 0 Å². The van der Waals surface area contributed by atoms with E-state index in [0.29, 0.717) is 37.7 Å². The number of aryl methyl sites for hydroxylation is 1. The lowest BCUT2D eigenvalue weighted by Crippen LogP contribution is -2.50. The average Bonchev–Trinajstić information content (AvgIpc) is 2.54. The van der Waals surface area contributed by atoms with Crippen LogP contribution in [-0.4, -0.2) is 63.4 Å². The molecule has 1 aromatic carbocycles. The molecule has 0 radical (unpaired) electrons. The van der Waals surface area contributed by atoms with Crippen LogP contribution in [0.3, 0.4) is 0 Å². The second kappa shape index (κ2) is 9.99. The first-order valence-corrected chi connectivity index (χ1v) is 8.80. The third-order valence-corrected chi connectivity index (χ3v) is 4.29. The summed E-state index contributed by atoms with van der Waals surface area (Å²) in [6, 6.07) is 7.65. The Balaban J connectivity index is 1.77. The Hall–Kier alpha value is -1.14. The molecule has 1 aliphatic rings. The standard InChI is InChI=1S/C18H27ClN2O3/c1-21(2)9-11-24-17-13-23-10-8-16(17)20-18(22)7-6-14-4-3-5-15(19)12-14/h3-5,12,16-17H,6-11,13H2,1-2H3,(H,20,22)/t16-,17-/m1/s1. The molecule has 0 bridgehead atoms. The number of nitrogens with zero attached hydrogens (tertiary/aromatic N) is 1. The number of likely N-dealkylation sites (N-methyl/N-ethyl adjacent to an activating group) is 1. The lowest BCUT2D eigenvalue weighted by Gasteiger charge is -2.32. The Morgan fingerprint density at radius 3 is 3.04 bits per heavy atom. The first-order chi connectivity index (χ1) is 11.5. The Bertz CT molecular complexity index is 525. The average molecular weight is 355 g/mol. The third-order valence-electron chi connectivity index (χ3n) is 4.05. The van der Waals surface area contributed by atoms with Gasteiger partial charge < -0.3 is 19.7 Å². The molecule has 0 unspecified atom stereocenters. The highest BCUT2D eigenvalue weighted by atomic mass is 35.5. The van der Waals surface area contributed by atoms with Crippen LogP contribution < -0.4 is 5.32 Å². The molecule has 0 aromatic heterocycles. The maximum atomic E-state index is 12.2. The summed E-state index contributed by atoms with van der Waals surface area (Å²) in [5.41, 5.74) is 1.07. The molecule has 6 heteroatoms. The van der Waals surface area contributed by atoms with Gasteiger partial charge in [0.1, 0.15) is 6.10 Å². The molecule has 0 saturated carbocycles. The molecule has 1 saturated heterocycles. The van der Waals surface area contributed by atoms with E-state index in [-0.39, 0.29) is 18.1 Å². The Kier molecular flexibility index (Phi) is 7.99. The van der Waals surface area contributed by atoms with E-state index in [1.54, 1.807) is 0 Å². The predicted octanol–water partition coefficient (Wildman–Crippen LogP) is 2.12. The number of hydrogen-bond acceptors (Lipinski definition) is 4. The molecule has 1 amide bonds. The number of rotatable bonds is 8. The van der Waals surface area contributed by atoms with Gasteiger partial charge in [-0.05, 0) is 44.6 Å². The normalized spacial score (nSPS) is 21.0. The maximum absolute atomic E-state index is 12.2. The molecule has 5 nitrogen and oxygen atoms in total. The van der Waals surface area contributed by atoms with E-state index in [9.17, 15) is 4.79 Å². The van der Waals surface area contributed by atoms with Crippen LogP contribution in [0, 0.1) is 0 Å². The fourth-order valence-electron chi connectivity index (χ4n) is 2.66. The molecule has 134 valence electrons. The van der Waals surface area contributed by atoms with Gasteiger partial charge in [-0.1, -0.05) is 23.7 Å². The molecule has 0 aliphatic carbocycles. The lowest BCUT2D eigenvalue weighted by atomic mass is 10.0. The summed E-state index contributed by atoms with van der Waals surface area (Å²) in [5, 5.41) is 3.80. The minimum absolute atomic E-state index is 0.0211. The molecule has 1 aromatic rings. The van der Waals surface area contributed by atoms with Crippen molar-refractivity contribution in [2.24, 2.45) is 0 Å². The van der Waals surface area contributed by atoms with Crippen molar-refractivity contribution in [2.75, 3.05) is 40.5 Å². The van der Waals surface area contributed by atoms with Crippen LogP contribution in [0.5, 0.6) is 0 Å². The van der Waals surface area contributed by atoms with Crippen LogP contribution in [0.1, 0.15) is 18.4 Å². The summed E-state index contributed by atoms with van der Waals surface area (Å²) < 4.78 is 11.4. The van der Waals surface area contributed by atoms with E-state index in [1.165, 1.54) is 0 Å². The summed E-state index contributed by atoms with van der Waals surface area (Å²) in [7, 11) is 4.02. The van der Waals surface area contributed by atoms with Crippen LogP contribution in [0.2, 0.25) is 5.02 Å². The highest BCUT2D eigenvalue weighted by molar-refractivity contribution is 6.30. The van der Waals surface area contributed by atoms with Gasteiger partial charge in [0.15, 0.2) is 0 Å². The van der Waals surface area contributed by atoms with Crippen molar-refractivity contribution >= 4 is 17.5 Å². The van der Waals surface area contributed by atoms with E-state index in [4.69, 9.17) is 21.1 Å². The van der Waals surface area contributed by atoms with Crippen molar-refractivity contribution < 1.29 is 14.3 Å². The topological polar surface area (TPSA) is 50.8 Å². The number of ether oxygens (including phenoxy) is 2. The summed E-state index contributed by atoms with van der Waals surface area (Å²) in [6.07, 6.45) is 1.84. The number of benzene rings is 1. The third kappa shape index (κ3) is 6.77.